The average Bonchev–Trinajstić information content (AvgIpc) is 2.86. The molecule has 2 fully saturated rings. The number of nitrogens with zero attached hydrogens (tertiary/aromatic N) is 2. The minimum Gasteiger partial charge on any atom is -0.495 e. The van der Waals surface area contributed by atoms with Crippen LogP contribution in [0.3, 0.4) is 0 Å². The Morgan fingerprint density at radius 2 is 1.69 bits per heavy atom. The molecule has 0 aromatic heterocycles. The topological polar surface area (TPSA) is 82.1 Å². The maximum Gasteiger partial charge on any atom is 0.322 e. The van der Waals surface area contributed by atoms with Gasteiger partial charge in [0.25, 0.3) is 0 Å². The van der Waals surface area contributed by atoms with E-state index in [1.54, 1.807) is 24.1 Å². The maximum absolute atomic E-state index is 13.0. The second-order valence-electron chi connectivity index (χ2n) is 9.14. The van der Waals surface area contributed by atoms with Crippen molar-refractivity contribution in [2.45, 2.75) is 24.9 Å². The SMILES string of the molecule is COc1ccccc1NC(=O)N1CC(=O)N2[C@H](CO)[C@H](c3ccc(-c4ccc(C)cc4)cc3)[C@@H]2C1. The molecule has 2 N–H and O–H groups in total. The zero-order valence-corrected chi connectivity index (χ0v) is 19.8. The Labute approximate surface area is 204 Å². The second-order valence-corrected chi connectivity index (χ2v) is 9.14. The summed E-state index contributed by atoms with van der Waals surface area (Å²) < 4.78 is 5.32. The van der Waals surface area contributed by atoms with Gasteiger partial charge in [-0.05, 0) is 35.7 Å². The summed E-state index contributed by atoms with van der Waals surface area (Å²) in [6.45, 7) is 2.33. The van der Waals surface area contributed by atoms with Gasteiger partial charge in [0.1, 0.15) is 12.3 Å². The van der Waals surface area contributed by atoms with E-state index >= 15 is 0 Å². The van der Waals surface area contributed by atoms with Crippen LogP contribution in [0.15, 0.2) is 72.8 Å². The van der Waals surface area contributed by atoms with Crippen LogP contribution in [0.5, 0.6) is 5.75 Å². The molecule has 0 aliphatic carbocycles. The Balaban J connectivity index is 1.34. The zero-order chi connectivity index (χ0) is 24.5. The molecule has 180 valence electrons. The molecule has 0 saturated carbocycles. The van der Waals surface area contributed by atoms with Crippen LogP contribution in [0.1, 0.15) is 17.0 Å². The van der Waals surface area contributed by atoms with Crippen LogP contribution in [0, 0.1) is 6.92 Å². The Hall–Kier alpha value is -3.84. The number of piperazine rings is 1. The van der Waals surface area contributed by atoms with Gasteiger partial charge in [0, 0.05) is 12.5 Å². The molecule has 3 amide bonds. The van der Waals surface area contributed by atoms with Gasteiger partial charge in [-0.15, -0.1) is 0 Å². The molecule has 35 heavy (non-hydrogen) atoms. The van der Waals surface area contributed by atoms with Crippen LogP contribution in [0.4, 0.5) is 10.5 Å². The van der Waals surface area contributed by atoms with Gasteiger partial charge < -0.3 is 25.0 Å². The number of aliphatic hydroxyl groups excluding tert-OH is 1. The highest BCUT2D eigenvalue weighted by Crippen LogP contribution is 2.43. The Kier molecular flexibility index (Phi) is 6.17. The van der Waals surface area contributed by atoms with Crippen molar-refractivity contribution in [1.82, 2.24) is 9.80 Å². The monoisotopic (exact) mass is 471 g/mol. The predicted octanol–water partition coefficient (Wildman–Crippen LogP) is 3.87. The van der Waals surface area contributed by atoms with Crippen molar-refractivity contribution in [2.24, 2.45) is 0 Å². The molecule has 0 bridgehead atoms. The first-order valence-corrected chi connectivity index (χ1v) is 11.8. The number of hydrogen-bond acceptors (Lipinski definition) is 4. The van der Waals surface area contributed by atoms with Crippen LogP contribution in [-0.2, 0) is 4.79 Å². The van der Waals surface area contributed by atoms with Gasteiger partial charge in [0.05, 0.1) is 31.5 Å². The van der Waals surface area contributed by atoms with Crippen LogP contribution in [0.25, 0.3) is 11.1 Å². The quantitative estimate of drug-likeness (QED) is 0.592. The molecule has 0 radical (unpaired) electrons. The van der Waals surface area contributed by atoms with Gasteiger partial charge in [-0.1, -0.05) is 66.2 Å². The molecule has 5 rings (SSSR count). The number of aryl methyl sites for hydroxylation is 1. The summed E-state index contributed by atoms with van der Waals surface area (Å²) in [5.41, 5.74) is 5.08. The van der Waals surface area contributed by atoms with Crippen molar-refractivity contribution in [2.75, 3.05) is 32.1 Å². The van der Waals surface area contributed by atoms with Gasteiger partial charge in [-0.3, -0.25) is 4.79 Å². The minimum absolute atomic E-state index is 0.0208. The van der Waals surface area contributed by atoms with E-state index in [-0.39, 0.29) is 43.1 Å². The highest BCUT2D eigenvalue weighted by Gasteiger charge is 2.54. The van der Waals surface area contributed by atoms with Crippen molar-refractivity contribution in [3.8, 4) is 16.9 Å². The Bertz CT molecular complexity index is 1230. The van der Waals surface area contributed by atoms with Gasteiger partial charge >= 0.3 is 6.03 Å². The average molecular weight is 472 g/mol. The largest absolute Gasteiger partial charge is 0.495 e. The van der Waals surface area contributed by atoms with Gasteiger partial charge in [-0.25, -0.2) is 4.79 Å². The molecular formula is C28H29N3O4. The number of amides is 3. The maximum atomic E-state index is 13.0. The van der Waals surface area contributed by atoms with E-state index in [1.165, 1.54) is 10.5 Å². The molecule has 7 nitrogen and oxygen atoms in total. The smallest absolute Gasteiger partial charge is 0.322 e. The van der Waals surface area contributed by atoms with Crippen molar-refractivity contribution in [3.63, 3.8) is 0 Å². The fraction of sp³-hybridized carbons (Fsp3) is 0.286. The first-order chi connectivity index (χ1) is 17.0. The van der Waals surface area contributed by atoms with Crippen molar-refractivity contribution in [3.05, 3.63) is 83.9 Å². The summed E-state index contributed by atoms with van der Waals surface area (Å²) >= 11 is 0. The fourth-order valence-electron chi connectivity index (χ4n) is 5.24. The first kappa shape index (κ1) is 22.9. The highest BCUT2D eigenvalue weighted by molar-refractivity contribution is 5.94. The third-order valence-corrected chi connectivity index (χ3v) is 7.07. The van der Waals surface area contributed by atoms with E-state index in [9.17, 15) is 14.7 Å². The number of ether oxygens (including phenoxy) is 1. The lowest BCUT2D eigenvalue weighted by Crippen LogP contribution is -2.73. The normalized spacial score (nSPS) is 21.2. The number of rotatable bonds is 5. The van der Waals surface area contributed by atoms with Crippen molar-refractivity contribution >= 4 is 17.6 Å². The zero-order valence-electron chi connectivity index (χ0n) is 19.8. The first-order valence-electron chi connectivity index (χ1n) is 11.8. The molecule has 2 aliphatic rings. The summed E-state index contributed by atoms with van der Waals surface area (Å²) in [6, 6.07) is 23.0. The molecule has 0 spiro atoms. The summed E-state index contributed by atoms with van der Waals surface area (Å²) in [7, 11) is 1.55. The Morgan fingerprint density at radius 3 is 2.34 bits per heavy atom. The molecule has 2 saturated heterocycles. The van der Waals surface area contributed by atoms with E-state index in [0.717, 1.165) is 16.7 Å². The highest BCUT2D eigenvalue weighted by atomic mass is 16.5. The third-order valence-electron chi connectivity index (χ3n) is 7.07. The number of aliphatic hydroxyl groups is 1. The molecule has 3 aromatic carbocycles. The number of urea groups is 1. The molecule has 2 heterocycles. The van der Waals surface area contributed by atoms with E-state index in [4.69, 9.17) is 4.74 Å². The fourth-order valence-corrected chi connectivity index (χ4v) is 5.24. The Morgan fingerprint density at radius 1 is 1.03 bits per heavy atom. The van der Waals surface area contributed by atoms with Crippen LogP contribution in [-0.4, -0.2) is 65.7 Å². The molecule has 3 atom stereocenters. The number of nitrogens with one attached hydrogen (secondary N) is 1. The van der Waals surface area contributed by atoms with E-state index in [2.05, 4.69) is 60.8 Å². The minimum atomic E-state index is -0.344. The van der Waals surface area contributed by atoms with E-state index < -0.39 is 0 Å². The summed E-state index contributed by atoms with van der Waals surface area (Å²) in [5.74, 6) is 0.363. The number of fused-ring (bicyclic) bond motifs is 1. The van der Waals surface area contributed by atoms with Gasteiger partial charge in [-0.2, -0.15) is 0 Å². The third kappa shape index (κ3) is 4.23. The molecule has 3 aromatic rings. The number of anilines is 1. The van der Waals surface area contributed by atoms with Crippen LogP contribution >= 0.6 is 0 Å². The summed E-state index contributed by atoms with van der Waals surface area (Å²) in [5, 5.41) is 12.9. The standard InChI is InChI=1S/C28H29N3O4/c1-18-7-9-19(10-8-18)20-11-13-21(14-12-20)27-23-15-30(16-26(33)31(23)24(27)17-32)28(34)29-22-5-3-4-6-25(22)35-2/h3-14,23-24,27,32H,15-17H2,1-2H3,(H,29,34)/t23-,24+,27+/m0/s1. The van der Waals surface area contributed by atoms with Crippen LogP contribution in [0.2, 0.25) is 0 Å². The van der Waals surface area contributed by atoms with Gasteiger partial charge in [0.15, 0.2) is 0 Å². The number of para-hydroxylation sites is 2. The summed E-state index contributed by atoms with van der Waals surface area (Å²) in [6.07, 6.45) is 0. The second kappa shape index (κ2) is 9.43. The van der Waals surface area contributed by atoms with E-state index in [0.29, 0.717) is 18.0 Å². The number of carbonyl (C=O) groups excluding carboxylic acids is 2. The number of hydrogen-bond donors (Lipinski definition) is 2. The number of benzene rings is 3. The lowest BCUT2D eigenvalue weighted by atomic mass is 9.73. The number of carbonyl (C=O) groups is 2. The summed E-state index contributed by atoms with van der Waals surface area (Å²) in [4.78, 5) is 29.2. The van der Waals surface area contributed by atoms with Crippen LogP contribution < -0.4 is 10.1 Å². The lowest BCUT2D eigenvalue weighted by molar-refractivity contribution is -0.159. The van der Waals surface area contributed by atoms with E-state index in [1.807, 2.05) is 12.1 Å². The molecular weight excluding hydrogens is 442 g/mol. The lowest BCUT2D eigenvalue weighted by Gasteiger charge is -2.58. The molecule has 0 unspecified atom stereocenters. The van der Waals surface area contributed by atoms with Crippen molar-refractivity contribution in [1.29, 1.82) is 0 Å². The molecule has 7 heteroatoms. The van der Waals surface area contributed by atoms with Crippen molar-refractivity contribution < 1.29 is 19.4 Å². The number of methoxy groups -OCH3 is 1. The van der Waals surface area contributed by atoms with Gasteiger partial charge in [0.2, 0.25) is 5.91 Å². The predicted molar refractivity (Wildman–Crippen MR) is 134 cm³/mol. The molecule has 2 aliphatic heterocycles.